The Morgan fingerprint density at radius 1 is 1.04 bits per heavy atom. The van der Waals surface area contributed by atoms with Gasteiger partial charge < -0.3 is 19.7 Å². The summed E-state index contributed by atoms with van der Waals surface area (Å²) in [4.78, 5) is 2.41. The first-order valence-corrected chi connectivity index (χ1v) is 10.3. The molecule has 0 fully saturated rings. The molecule has 0 aromatic heterocycles. The molecule has 2 aromatic rings. The van der Waals surface area contributed by atoms with E-state index in [4.69, 9.17) is 9.47 Å². The Morgan fingerprint density at radius 3 is 2.37 bits per heavy atom. The van der Waals surface area contributed by atoms with E-state index in [1.54, 1.807) is 7.11 Å². The van der Waals surface area contributed by atoms with Crippen molar-refractivity contribution in [3.63, 3.8) is 0 Å². The van der Waals surface area contributed by atoms with Crippen LogP contribution in [-0.4, -0.2) is 38.2 Å². The molecular formula is C22H31BrN2O2. The number of benzene rings is 2. The molecule has 0 unspecified atom stereocenters. The van der Waals surface area contributed by atoms with Crippen LogP contribution >= 0.6 is 15.9 Å². The number of methoxy groups -OCH3 is 1. The summed E-state index contributed by atoms with van der Waals surface area (Å²) >= 11 is 3.67. The number of hydrogen-bond donors (Lipinski definition) is 1. The van der Waals surface area contributed by atoms with Crippen LogP contribution in [0.5, 0.6) is 11.5 Å². The lowest BCUT2D eigenvalue weighted by molar-refractivity contribution is 0.279. The fourth-order valence-electron chi connectivity index (χ4n) is 2.90. The first-order chi connectivity index (χ1) is 13.1. The van der Waals surface area contributed by atoms with Gasteiger partial charge in [0.25, 0.3) is 0 Å². The molecule has 2 rings (SSSR count). The SMILES string of the molecule is CCN(CC)CCNCc1c(Br)ccc(OC)c1OCc1ccc(C)cc1. The van der Waals surface area contributed by atoms with E-state index in [2.05, 4.69) is 71.2 Å². The topological polar surface area (TPSA) is 33.7 Å². The Hall–Kier alpha value is -1.56. The molecule has 0 heterocycles. The van der Waals surface area contributed by atoms with Crippen LogP contribution in [0.4, 0.5) is 0 Å². The second-order valence-corrected chi connectivity index (χ2v) is 7.39. The Bertz CT molecular complexity index is 700. The third kappa shape index (κ3) is 6.52. The molecule has 0 bridgehead atoms. The van der Waals surface area contributed by atoms with Gasteiger partial charge in [0, 0.05) is 29.7 Å². The minimum atomic E-state index is 0.513. The molecule has 0 saturated heterocycles. The lowest BCUT2D eigenvalue weighted by Crippen LogP contribution is -2.31. The highest BCUT2D eigenvalue weighted by Gasteiger charge is 2.15. The minimum absolute atomic E-state index is 0.513. The predicted molar refractivity (Wildman–Crippen MR) is 116 cm³/mol. The highest BCUT2D eigenvalue weighted by molar-refractivity contribution is 9.10. The summed E-state index contributed by atoms with van der Waals surface area (Å²) in [6.45, 7) is 11.8. The lowest BCUT2D eigenvalue weighted by atomic mass is 10.1. The largest absolute Gasteiger partial charge is 0.493 e. The summed E-state index contributed by atoms with van der Waals surface area (Å²) in [6.07, 6.45) is 0. The van der Waals surface area contributed by atoms with Crippen molar-refractivity contribution < 1.29 is 9.47 Å². The average molecular weight is 435 g/mol. The Balaban J connectivity index is 2.07. The van der Waals surface area contributed by atoms with Crippen LogP contribution in [-0.2, 0) is 13.2 Å². The fourth-order valence-corrected chi connectivity index (χ4v) is 3.35. The van der Waals surface area contributed by atoms with Crippen LogP contribution in [0.15, 0.2) is 40.9 Å². The normalized spacial score (nSPS) is 11.0. The molecule has 5 heteroatoms. The van der Waals surface area contributed by atoms with E-state index in [-0.39, 0.29) is 0 Å². The molecule has 4 nitrogen and oxygen atoms in total. The van der Waals surface area contributed by atoms with Crippen molar-refractivity contribution in [1.82, 2.24) is 10.2 Å². The standard InChI is InChI=1S/C22H31BrN2O2/c1-5-25(6-2)14-13-24-15-19-20(23)11-12-21(26-4)22(19)27-16-18-9-7-17(3)8-10-18/h7-12,24H,5-6,13-16H2,1-4H3. The van der Waals surface area contributed by atoms with Crippen LogP contribution in [0.1, 0.15) is 30.5 Å². The fraction of sp³-hybridized carbons (Fsp3) is 0.455. The molecule has 148 valence electrons. The summed E-state index contributed by atoms with van der Waals surface area (Å²) in [5.74, 6) is 1.55. The summed E-state index contributed by atoms with van der Waals surface area (Å²) < 4.78 is 12.8. The minimum Gasteiger partial charge on any atom is -0.493 e. The number of halogens is 1. The first kappa shape index (κ1) is 21.7. The molecule has 0 aliphatic carbocycles. The van der Waals surface area contributed by atoms with Gasteiger partial charge in [-0.1, -0.05) is 59.6 Å². The average Bonchev–Trinajstić information content (AvgIpc) is 2.69. The monoisotopic (exact) mass is 434 g/mol. The number of ether oxygens (including phenoxy) is 2. The zero-order valence-corrected chi connectivity index (χ0v) is 18.4. The van der Waals surface area contributed by atoms with Gasteiger partial charge in [-0.15, -0.1) is 0 Å². The molecule has 0 aliphatic heterocycles. The van der Waals surface area contributed by atoms with Gasteiger partial charge in [-0.3, -0.25) is 0 Å². The van der Waals surface area contributed by atoms with Crippen LogP contribution in [0.2, 0.25) is 0 Å². The first-order valence-electron chi connectivity index (χ1n) is 9.55. The molecule has 0 aliphatic rings. The second-order valence-electron chi connectivity index (χ2n) is 6.54. The van der Waals surface area contributed by atoms with Crippen molar-refractivity contribution in [2.24, 2.45) is 0 Å². The summed E-state index contributed by atoms with van der Waals surface area (Å²) in [5, 5.41) is 3.53. The van der Waals surface area contributed by atoms with Crippen LogP contribution < -0.4 is 14.8 Å². The van der Waals surface area contributed by atoms with E-state index in [0.29, 0.717) is 6.61 Å². The maximum Gasteiger partial charge on any atom is 0.167 e. The molecule has 1 N–H and O–H groups in total. The zero-order valence-electron chi connectivity index (χ0n) is 16.8. The Labute approximate surface area is 172 Å². The summed E-state index contributed by atoms with van der Waals surface area (Å²) in [7, 11) is 1.68. The lowest BCUT2D eigenvalue weighted by Gasteiger charge is -2.20. The van der Waals surface area contributed by atoms with Gasteiger partial charge >= 0.3 is 0 Å². The van der Waals surface area contributed by atoms with Crippen molar-refractivity contribution in [3.05, 3.63) is 57.6 Å². The summed E-state index contributed by atoms with van der Waals surface area (Å²) in [5.41, 5.74) is 3.47. The van der Waals surface area contributed by atoms with Gasteiger partial charge in [-0.2, -0.15) is 0 Å². The molecule has 0 radical (unpaired) electrons. The highest BCUT2D eigenvalue weighted by Crippen LogP contribution is 2.36. The molecule has 0 saturated carbocycles. The quantitative estimate of drug-likeness (QED) is 0.516. The number of rotatable bonds is 11. The van der Waals surface area contributed by atoms with E-state index >= 15 is 0 Å². The van der Waals surface area contributed by atoms with E-state index in [1.165, 1.54) is 5.56 Å². The second kappa shape index (κ2) is 11.3. The number of nitrogens with one attached hydrogen (secondary N) is 1. The van der Waals surface area contributed by atoms with Gasteiger partial charge in [0.05, 0.1) is 7.11 Å². The van der Waals surface area contributed by atoms with Crippen molar-refractivity contribution >= 4 is 15.9 Å². The smallest absolute Gasteiger partial charge is 0.167 e. The number of likely N-dealkylation sites (N-methyl/N-ethyl adjacent to an activating group) is 1. The van der Waals surface area contributed by atoms with Gasteiger partial charge in [-0.25, -0.2) is 0 Å². The van der Waals surface area contributed by atoms with Gasteiger partial charge in [-0.05, 0) is 37.7 Å². The summed E-state index contributed by atoms with van der Waals surface area (Å²) in [6, 6.07) is 12.4. The third-order valence-corrected chi connectivity index (χ3v) is 5.43. The van der Waals surface area contributed by atoms with Gasteiger partial charge in [0.1, 0.15) is 6.61 Å². The molecule has 2 aromatic carbocycles. The Kier molecular flexibility index (Phi) is 9.11. The van der Waals surface area contributed by atoms with E-state index in [1.807, 2.05) is 12.1 Å². The molecule has 0 amide bonds. The maximum absolute atomic E-state index is 6.18. The van der Waals surface area contributed by atoms with Crippen LogP contribution in [0.3, 0.4) is 0 Å². The zero-order chi connectivity index (χ0) is 19.6. The number of aryl methyl sites for hydroxylation is 1. The predicted octanol–water partition coefficient (Wildman–Crippen LogP) is 4.78. The molecule has 27 heavy (non-hydrogen) atoms. The maximum atomic E-state index is 6.18. The third-order valence-electron chi connectivity index (χ3n) is 4.69. The molecule has 0 atom stereocenters. The van der Waals surface area contributed by atoms with Crippen molar-refractivity contribution in [2.45, 2.75) is 33.9 Å². The Morgan fingerprint density at radius 2 is 1.74 bits per heavy atom. The molecule has 0 spiro atoms. The highest BCUT2D eigenvalue weighted by atomic mass is 79.9. The van der Waals surface area contributed by atoms with Crippen molar-refractivity contribution in [1.29, 1.82) is 0 Å². The van der Waals surface area contributed by atoms with E-state index < -0.39 is 0 Å². The number of nitrogens with zero attached hydrogens (tertiary/aromatic N) is 1. The molecular weight excluding hydrogens is 404 g/mol. The number of hydrogen-bond acceptors (Lipinski definition) is 4. The van der Waals surface area contributed by atoms with E-state index in [0.717, 1.165) is 59.8 Å². The van der Waals surface area contributed by atoms with Crippen LogP contribution in [0, 0.1) is 6.92 Å². The van der Waals surface area contributed by atoms with Crippen LogP contribution in [0.25, 0.3) is 0 Å². The van der Waals surface area contributed by atoms with E-state index in [9.17, 15) is 0 Å². The van der Waals surface area contributed by atoms with Crippen molar-refractivity contribution in [3.8, 4) is 11.5 Å². The van der Waals surface area contributed by atoms with Gasteiger partial charge in [0.2, 0.25) is 0 Å². The van der Waals surface area contributed by atoms with Gasteiger partial charge in [0.15, 0.2) is 11.5 Å². The van der Waals surface area contributed by atoms with Crippen molar-refractivity contribution in [2.75, 3.05) is 33.3 Å².